The van der Waals surface area contributed by atoms with Crippen LogP contribution in [0.1, 0.15) is 63.4 Å². The van der Waals surface area contributed by atoms with Crippen LogP contribution >= 0.6 is 34.8 Å². The zero-order chi connectivity index (χ0) is 40.1. The van der Waals surface area contributed by atoms with Gasteiger partial charge in [0, 0.05) is 37.2 Å². The topological polar surface area (TPSA) is 161 Å². The first kappa shape index (κ1) is 40.7. The highest BCUT2D eigenvalue weighted by atomic mass is 35.6. The number of carbonyl (C=O) groups is 5. The number of hydrogen-bond donors (Lipinski definition) is 1. The Morgan fingerprint density at radius 2 is 1.58 bits per heavy atom. The lowest BCUT2D eigenvalue weighted by molar-refractivity contribution is -0.345. The summed E-state index contributed by atoms with van der Waals surface area (Å²) >= 11 is 17.2. The van der Waals surface area contributed by atoms with Crippen molar-refractivity contribution in [3.05, 3.63) is 89.5 Å². The molecule has 6 rings (SSSR count). The number of hydrogen-bond acceptors (Lipinski definition) is 12. The van der Waals surface area contributed by atoms with E-state index in [-0.39, 0.29) is 25.0 Å². The number of halogens is 3. The van der Waals surface area contributed by atoms with Crippen LogP contribution in [-0.4, -0.2) is 81.2 Å². The van der Waals surface area contributed by atoms with Crippen LogP contribution in [0.4, 0.5) is 4.79 Å². The first-order valence-corrected chi connectivity index (χ1v) is 18.8. The van der Waals surface area contributed by atoms with E-state index in [9.17, 15) is 24.3 Å². The van der Waals surface area contributed by atoms with E-state index in [0.717, 1.165) is 5.56 Å². The SMILES string of the molecule is CC(=O)O[C@@]12COC1C[C@H](OC(=O)OC(Cl)(Cl)Cl)[C@@]1(C)C(=O)[C@H](C)C3=C[C@@H](OC(=O)/C=C/c4ccccc4)C[C@@](O)([C@@H](OC(=O)c4ccccc4)[C@@H]12)C3(C)C. The summed E-state index contributed by atoms with van der Waals surface area (Å²) in [5.41, 5.74) is -5.85. The Morgan fingerprint density at radius 1 is 0.945 bits per heavy atom. The number of benzene rings is 2. The minimum Gasteiger partial charge on any atom is -0.455 e. The Bertz CT molecular complexity index is 1910. The Hall–Kier alpha value is -3.94. The fourth-order valence-corrected chi connectivity index (χ4v) is 9.21. The molecular formula is C40H41Cl3O12. The average Bonchev–Trinajstić information content (AvgIpc) is 3.10. The number of fused-ring (bicyclic) bond motifs is 5. The molecule has 1 saturated heterocycles. The number of ether oxygens (including phenoxy) is 6. The maximum absolute atomic E-state index is 15.3. The highest BCUT2D eigenvalue weighted by Gasteiger charge is 2.78. The first-order valence-electron chi connectivity index (χ1n) is 17.7. The number of esters is 3. The minimum atomic E-state index is -2.52. The van der Waals surface area contributed by atoms with Crippen LogP contribution in [0.25, 0.3) is 6.08 Å². The van der Waals surface area contributed by atoms with Crippen LogP contribution in [0.3, 0.4) is 0 Å². The van der Waals surface area contributed by atoms with Crippen LogP contribution in [0.15, 0.2) is 78.4 Å². The van der Waals surface area contributed by atoms with Crippen LogP contribution < -0.4 is 0 Å². The second-order valence-electron chi connectivity index (χ2n) is 15.1. The molecule has 294 valence electrons. The van der Waals surface area contributed by atoms with Crippen LogP contribution in [-0.2, 0) is 42.8 Å². The molecule has 0 amide bonds. The van der Waals surface area contributed by atoms with E-state index in [0.29, 0.717) is 5.57 Å². The number of ketones is 1. The number of carbonyl (C=O) groups excluding carboxylic acids is 5. The molecule has 0 spiro atoms. The molecule has 4 aliphatic rings. The summed E-state index contributed by atoms with van der Waals surface area (Å²) in [5, 5.41) is 13.4. The van der Waals surface area contributed by atoms with E-state index in [1.807, 2.05) is 18.2 Å². The fraction of sp³-hybridized carbons (Fsp3) is 0.475. The fourth-order valence-electron chi connectivity index (χ4n) is 9.02. The number of rotatable bonds is 7. The number of Topliss-reactive ketones (excluding diaryl/α,β-unsaturated/α-hetero) is 1. The van der Waals surface area contributed by atoms with Crippen molar-refractivity contribution < 1.29 is 57.5 Å². The van der Waals surface area contributed by atoms with E-state index >= 15 is 4.79 Å². The lowest BCUT2D eigenvalue weighted by Crippen LogP contribution is -2.81. The van der Waals surface area contributed by atoms with E-state index in [4.69, 9.17) is 63.2 Å². The second kappa shape index (κ2) is 14.9. The molecule has 12 nitrogen and oxygen atoms in total. The predicted octanol–water partition coefficient (Wildman–Crippen LogP) is 6.72. The van der Waals surface area contributed by atoms with Crippen molar-refractivity contribution in [1.82, 2.24) is 0 Å². The molecule has 0 radical (unpaired) electrons. The molecule has 1 N–H and O–H groups in total. The summed E-state index contributed by atoms with van der Waals surface area (Å²) in [5.74, 6) is -5.35. The van der Waals surface area contributed by atoms with Gasteiger partial charge in [0.1, 0.15) is 35.8 Å². The van der Waals surface area contributed by atoms with Crippen molar-refractivity contribution in [2.45, 2.75) is 87.1 Å². The summed E-state index contributed by atoms with van der Waals surface area (Å²) in [4.78, 5) is 68.8. The Kier molecular flexibility index (Phi) is 11.0. The van der Waals surface area contributed by atoms with Gasteiger partial charge in [-0.25, -0.2) is 14.4 Å². The normalized spacial score (nSPS) is 33.6. The zero-order valence-corrected chi connectivity index (χ0v) is 32.9. The van der Waals surface area contributed by atoms with Crippen LogP contribution in [0, 0.1) is 22.7 Å². The van der Waals surface area contributed by atoms with E-state index in [1.165, 1.54) is 32.1 Å². The van der Waals surface area contributed by atoms with E-state index in [2.05, 4.69) is 0 Å². The molecule has 15 heteroatoms. The molecule has 9 atom stereocenters. The third-order valence-corrected chi connectivity index (χ3v) is 11.9. The lowest BCUT2D eigenvalue weighted by Gasteiger charge is -2.67. The highest BCUT2D eigenvalue weighted by Crippen LogP contribution is 2.64. The van der Waals surface area contributed by atoms with Gasteiger partial charge < -0.3 is 33.5 Å². The monoisotopic (exact) mass is 818 g/mol. The van der Waals surface area contributed by atoms with E-state index < -0.39 is 92.1 Å². The number of aliphatic hydroxyl groups is 1. The largest absolute Gasteiger partial charge is 0.512 e. The smallest absolute Gasteiger partial charge is 0.455 e. The molecule has 2 aromatic rings. The van der Waals surface area contributed by atoms with E-state index in [1.54, 1.807) is 63.3 Å². The number of alkyl halides is 3. The predicted molar refractivity (Wildman–Crippen MR) is 199 cm³/mol. The summed E-state index contributed by atoms with van der Waals surface area (Å²) in [7, 11) is 0. The van der Waals surface area contributed by atoms with Gasteiger partial charge in [0.2, 0.25) is 0 Å². The first-order chi connectivity index (χ1) is 25.7. The highest BCUT2D eigenvalue weighted by molar-refractivity contribution is 6.66. The van der Waals surface area contributed by atoms with Crippen molar-refractivity contribution in [3.8, 4) is 0 Å². The quantitative estimate of drug-likeness (QED) is 0.103. The average molecular weight is 820 g/mol. The summed E-state index contributed by atoms with van der Waals surface area (Å²) in [6.07, 6.45) is -2.77. The van der Waals surface area contributed by atoms with Gasteiger partial charge in [-0.2, -0.15) is 0 Å². The Balaban J connectivity index is 1.54. The maximum atomic E-state index is 15.3. The van der Waals surface area contributed by atoms with Crippen LogP contribution in [0.2, 0.25) is 0 Å². The van der Waals surface area contributed by atoms with Gasteiger partial charge in [0.05, 0.1) is 23.5 Å². The minimum absolute atomic E-state index is 0.116. The van der Waals surface area contributed by atoms with Crippen LogP contribution in [0.5, 0.6) is 0 Å². The maximum Gasteiger partial charge on any atom is 0.512 e. The molecule has 2 bridgehead atoms. The molecule has 1 unspecified atom stereocenters. The Labute approximate surface area is 332 Å². The van der Waals surface area contributed by atoms with Gasteiger partial charge in [0.25, 0.3) is 0 Å². The molecule has 2 aromatic carbocycles. The van der Waals surface area contributed by atoms with Crippen molar-refractivity contribution in [2.24, 2.45) is 22.7 Å². The molecule has 1 heterocycles. The van der Waals surface area contributed by atoms with Crippen molar-refractivity contribution >= 4 is 70.7 Å². The summed E-state index contributed by atoms with van der Waals surface area (Å²) < 4.78 is 32.4. The van der Waals surface area contributed by atoms with Crippen molar-refractivity contribution in [2.75, 3.05) is 6.61 Å². The lowest BCUT2D eigenvalue weighted by atomic mass is 9.44. The van der Waals surface area contributed by atoms with Gasteiger partial charge in [-0.3, -0.25) is 9.59 Å². The molecule has 2 saturated carbocycles. The third-order valence-electron chi connectivity index (χ3n) is 11.7. The summed E-state index contributed by atoms with van der Waals surface area (Å²) in [6.45, 7) is 7.43. The molecule has 1 aliphatic heterocycles. The standard InChI is InChI=1S/C40H41Cl3O12/c1-22-27-18-26(51-30(45)17-16-24-12-8-6-9-13-24)20-39(49,36(27,3)4)33(53-34(47)25-14-10-7-11-15-25)31-37(5,32(22)46)28(52-35(48)55-40(41,42)43)19-29-38(31,21-50-29)54-23(2)44/h6-18,22,26,28-29,31,33,49H,19-21H2,1-5H3/b17-16+/t22-,26-,28+,29?,31+,33+,37-,38+,39-/m1/s1. The molecule has 0 aromatic heterocycles. The zero-order valence-electron chi connectivity index (χ0n) is 30.7. The molecule has 3 fully saturated rings. The van der Waals surface area contributed by atoms with Gasteiger partial charge in [0.15, 0.2) is 5.60 Å². The van der Waals surface area contributed by atoms with Gasteiger partial charge in [-0.05, 0) is 71.6 Å². The Morgan fingerprint density at radius 3 is 2.16 bits per heavy atom. The van der Waals surface area contributed by atoms with Crippen molar-refractivity contribution in [1.29, 1.82) is 0 Å². The molecular weight excluding hydrogens is 779 g/mol. The van der Waals surface area contributed by atoms with Gasteiger partial charge in [-0.15, -0.1) is 0 Å². The van der Waals surface area contributed by atoms with Crippen molar-refractivity contribution in [3.63, 3.8) is 0 Å². The summed E-state index contributed by atoms with van der Waals surface area (Å²) in [6, 6.07) is 17.1. The molecule has 55 heavy (non-hydrogen) atoms. The molecule has 3 aliphatic carbocycles. The third kappa shape index (κ3) is 7.39. The van der Waals surface area contributed by atoms with Gasteiger partial charge in [-0.1, -0.05) is 74.9 Å². The second-order valence-corrected chi connectivity index (χ2v) is 17.3. The van der Waals surface area contributed by atoms with Gasteiger partial charge >= 0.3 is 28.0 Å².